The maximum absolute atomic E-state index is 12.9. The summed E-state index contributed by atoms with van der Waals surface area (Å²) in [6, 6.07) is -0.336. The van der Waals surface area contributed by atoms with Gasteiger partial charge in [-0.3, -0.25) is 9.59 Å². The third kappa shape index (κ3) is 3.07. The Balaban J connectivity index is 2.23. The molecular weight excluding hydrogens is 268 g/mol. The van der Waals surface area contributed by atoms with Gasteiger partial charge < -0.3 is 15.0 Å². The second-order valence-electron chi connectivity index (χ2n) is 6.96. The van der Waals surface area contributed by atoms with Gasteiger partial charge >= 0.3 is 0 Å². The average Bonchev–Trinajstić information content (AvgIpc) is 2.45. The van der Waals surface area contributed by atoms with E-state index in [0.29, 0.717) is 19.4 Å². The third-order valence-electron chi connectivity index (χ3n) is 5.16. The van der Waals surface area contributed by atoms with E-state index in [1.807, 2.05) is 25.7 Å². The summed E-state index contributed by atoms with van der Waals surface area (Å²) < 4.78 is 5.43. The Morgan fingerprint density at radius 3 is 2.38 bits per heavy atom. The summed E-state index contributed by atoms with van der Waals surface area (Å²) in [6.07, 6.45) is 3.16. The van der Waals surface area contributed by atoms with Gasteiger partial charge in [-0.15, -0.1) is 0 Å². The lowest BCUT2D eigenvalue weighted by molar-refractivity contribution is -0.157. The molecule has 0 aromatic carbocycles. The second kappa shape index (κ2) is 5.95. The molecule has 0 bridgehead atoms. The van der Waals surface area contributed by atoms with Gasteiger partial charge in [-0.2, -0.15) is 0 Å². The van der Waals surface area contributed by atoms with Gasteiger partial charge in [0.25, 0.3) is 0 Å². The topological polar surface area (TPSA) is 58.6 Å². The van der Waals surface area contributed by atoms with E-state index in [1.54, 1.807) is 0 Å². The highest BCUT2D eigenvalue weighted by molar-refractivity contribution is 5.99. The van der Waals surface area contributed by atoms with Gasteiger partial charge in [-0.25, -0.2) is 0 Å². The molecule has 1 N–H and O–H groups in total. The number of nitrogens with one attached hydrogen (secondary N) is 1. The van der Waals surface area contributed by atoms with Crippen LogP contribution in [0.2, 0.25) is 0 Å². The predicted octanol–water partition coefficient (Wildman–Crippen LogP) is 1.71. The van der Waals surface area contributed by atoms with E-state index in [9.17, 15) is 9.59 Å². The van der Waals surface area contributed by atoms with E-state index < -0.39 is 5.54 Å². The first-order valence-corrected chi connectivity index (χ1v) is 8.06. The van der Waals surface area contributed by atoms with Crippen molar-refractivity contribution in [3.8, 4) is 0 Å². The molecule has 2 unspecified atom stereocenters. The van der Waals surface area contributed by atoms with Gasteiger partial charge in [0.1, 0.15) is 11.6 Å². The molecule has 2 saturated heterocycles. The van der Waals surface area contributed by atoms with Crippen molar-refractivity contribution >= 4 is 11.8 Å². The van der Waals surface area contributed by atoms with E-state index in [4.69, 9.17) is 4.74 Å². The van der Waals surface area contributed by atoms with Crippen LogP contribution in [-0.4, -0.2) is 48.1 Å². The van der Waals surface area contributed by atoms with E-state index in [0.717, 1.165) is 26.1 Å². The highest BCUT2D eigenvalue weighted by Crippen LogP contribution is 2.34. The summed E-state index contributed by atoms with van der Waals surface area (Å²) in [6.45, 7) is 10.1. The van der Waals surface area contributed by atoms with Crippen molar-refractivity contribution in [2.24, 2.45) is 5.41 Å². The molecule has 0 aromatic heterocycles. The molecule has 2 heterocycles. The fraction of sp³-hybridized carbons (Fsp3) is 0.875. The van der Waals surface area contributed by atoms with E-state index in [2.05, 4.69) is 12.2 Å². The first-order valence-electron chi connectivity index (χ1n) is 8.06. The standard InChI is InChI=1S/C16H28N2O3/c1-5-12-13(19)17-16(4,6-2)14(20)18(12)11-15(3)7-9-21-10-8-15/h12H,5-11H2,1-4H3,(H,17,19). The normalized spacial score (nSPS) is 33.0. The van der Waals surface area contributed by atoms with Gasteiger partial charge in [0.2, 0.25) is 11.8 Å². The number of carbonyl (C=O) groups excluding carboxylic acids is 2. The van der Waals surface area contributed by atoms with Crippen molar-refractivity contribution in [1.82, 2.24) is 10.2 Å². The SMILES string of the molecule is CCC1C(=O)NC(C)(CC)C(=O)N1CC1(C)CCOCC1. The van der Waals surface area contributed by atoms with Crippen LogP contribution in [0.4, 0.5) is 0 Å². The summed E-state index contributed by atoms with van der Waals surface area (Å²) in [5, 5.41) is 2.92. The molecule has 5 heteroatoms. The van der Waals surface area contributed by atoms with Crippen LogP contribution in [0.5, 0.6) is 0 Å². The van der Waals surface area contributed by atoms with E-state index in [1.165, 1.54) is 0 Å². The lowest BCUT2D eigenvalue weighted by atomic mass is 9.80. The van der Waals surface area contributed by atoms with Crippen molar-refractivity contribution in [2.75, 3.05) is 19.8 Å². The molecule has 2 rings (SSSR count). The number of nitrogens with zero attached hydrogens (tertiary/aromatic N) is 1. The zero-order chi connectivity index (χ0) is 15.7. The zero-order valence-electron chi connectivity index (χ0n) is 13.7. The summed E-state index contributed by atoms with van der Waals surface area (Å²) >= 11 is 0. The minimum Gasteiger partial charge on any atom is -0.381 e. The maximum Gasteiger partial charge on any atom is 0.248 e. The minimum absolute atomic E-state index is 0.0166. The van der Waals surface area contributed by atoms with Crippen LogP contribution in [0, 0.1) is 5.41 Å². The van der Waals surface area contributed by atoms with Crippen LogP contribution in [0.1, 0.15) is 53.4 Å². The number of piperazine rings is 1. The van der Waals surface area contributed by atoms with Crippen molar-refractivity contribution in [3.63, 3.8) is 0 Å². The van der Waals surface area contributed by atoms with Crippen molar-refractivity contribution in [2.45, 2.75) is 65.0 Å². The first kappa shape index (κ1) is 16.3. The van der Waals surface area contributed by atoms with Crippen LogP contribution in [0.25, 0.3) is 0 Å². The molecule has 2 atom stereocenters. The smallest absolute Gasteiger partial charge is 0.248 e. The molecule has 120 valence electrons. The Hall–Kier alpha value is -1.10. The largest absolute Gasteiger partial charge is 0.381 e. The first-order chi connectivity index (χ1) is 9.85. The number of amides is 2. The highest BCUT2D eigenvalue weighted by Gasteiger charge is 2.48. The van der Waals surface area contributed by atoms with E-state index >= 15 is 0 Å². The van der Waals surface area contributed by atoms with Crippen LogP contribution in [0.15, 0.2) is 0 Å². The third-order valence-corrected chi connectivity index (χ3v) is 5.16. The number of carbonyl (C=O) groups is 2. The Morgan fingerprint density at radius 2 is 1.86 bits per heavy atom. The summed E-state index contributed by atoms with van der Waals surface area (Å²) in [7, 11) is 0. The summed E-state index contributed by atoms with van der Waals surface area (Å²) in [5.74, 6) is 0.0428. The Bertz CT molecular complexity index is 418. The molecule has 0 radical (unpaired) electrons. The Labute approximate surface area is 127 Å². The molecule has 0 saturated carbocycles. The minimum atomic E-state index is -0.760. The molecule has 2 amide bonds. The average molecular weight is 296 g/mol. The van der Waals surface area contributed by atoms with Crippen LogP contribution >= 0.6 is 0 Å². The fourth-order valence-electron chi connectivity index (χ4n) is 3.27. The van der Waals surface area contributed by atoms with Crippen LogP contribution < -0.4 is 5.32 Å². The molecule has 2 aliphatic rings. The molecule has 5 nitrogen and oxygen atoms in total. The molecule has 2 fully saturated rings. The molecule has 2 aliphatic heterocycles. The second-order valence-corrected chi connectivity index (χ2v) is 6.96. The van der Waals surface area contributed by atoms with Gasteiger partial charge in [-0.05, 0) is 38.0 Å². The molecule has 0 aliphatic carbocycles. The highest BCUT2D eigenvalue weighted by atomic mass is 16.5. The van der Waals surface area contributed by atoms with Crippen molar-refractivity contribution in [1.29, 1.82) is 0 Å². The summed E-state index contributed by atoms with van der Waals surface area (Å²) in [5.41, 5.74) is -0.710. The molecular formula is C16H28N2O3. The Morgan fingerprint density at radius 1 is 1.24 bits per heavy atom. The number of ether oxygens (including phenoxy) is 1. The van der Waals surface area contributed by atoms with Gasteiger partial charge in [0.05, 0.1) is 0 Å². The molecule has 21 heavy (non-hydrogen) atoms. The quantitative estimate of drug-likeness (QED) is 0.859. The predicted molar refractivity (Wildman–Crippen MR) is 80.8 cm³/mol. The number of hydrogen-bond acceptors (Lipinski definition) is 3. The summed E-state index contributed by atoms with van der Waals surface area (Å²) in [4.78, 5) is 27.1. The van der Waals surface area contributed by atoms with Gasteiger partial charge in [0, 0.05) is 19.8 Å². The Kier molecular flexibility index (Phi) is 4.61. The van der Waals surface area contributed by atoms with Crippen LogP contribution in [-0.2, 0) is 14.3 Å². The zero-order valence-corrected chi connectivity index (χ0v) is 13.7. The number of hydrogen-bond donors (Lipinski definition) is 1. The van der Waals surface area contributed by atoms with Gasteiger partial charge in [-0.1, -0.05) is 20.8 Å². The lowest BCUT2D eigenvalue weighted by Crippen LogP contribution is -2.70. The number of rotatable bonds is 4. The van der Waals surface area contributed by atoms with E-state index in [-0.39, 0.29) is 23.3 Å². The fourth-order valence-corrected chi connectivity index (χ4v) is 3.27. The monoisotopic (exact) mass is 296 g/mol. The van der Waals surface area contributed by atoms with Crippen molar-refractivity contribution < 1.29 is 14.3 Å². The van der Waals surface area contributed by atoms with Gasteiger partial charge in [0.15, 0.2) is 0 Å². The lowest BCUT2D eigenvalue weighted by Gasteiger charge is -2.47. The van der Waals surface area contributed by atoms with Crippen LogP contribution in [0.3, 0.4) is 0 Å². The maximum atomic E-state index is 12.9. The molecule has 0 spiro atoms. The van der Waals surface area contributed by atoms with Crippen molar-refractivity contribution in [3.05, 3.63) is 0 Å². The molecule has 0 aromatic rings.